The molecule has 6 nitrogen and oxygen atoms in total. The number of aromatic nitrogens is 1. The molecule has 1 aromatic heterocycles. The zero-order valence-electron chi connectivity index (χ0n) is 12.6. The maximum Gasteiger partial charge on any atom is 0.228 e. The van der Waals surface area contributed by atoms with E-state index in [1.807, 2.05) is 29.2 Å². The molecule has 1 aliphatic rings. The zero-order valence-corrected chi connectivity index (χ0v) is 12.6. The summed E-state index contributed by atoms with van der Waals surface area (Å²) in [5.41, 5.74) is 1.84. The zero-order chi connectivity index (χ0) is 15.4. The first-order valence-corrected chi connectivity index (χ1v) is 7.30. The van der Waals surface area contributed by atoms with Crippen molar-refractivity contribution in [3.8, 4) is 5.75 Å². The van der Waals surface area contributed by atoms with Gasteiger partial charge < -0.3 is 19.0 Å². The van der Waals surface area contributed by atoms with Gasteiger partial charge in [0.1, 0.15) is 12.0 Å². The lowest BCUT2D eigenvalue weighted by Crippen LogP contribution is -2.49. The normalized spacial score (nSPS) is 15.0. The molecule has 0 saturated carbocycles. The van der Waals surface area contributed by atoms with E-state index in [0.29, 0.717) is 12.1 Å². The van der Waals surface area contributed by atoms with Gasteiger partial charge in [0.25, 0.3) is 0 Å². The molecule has 0 atom stereocenters. The third-order valence-corrected chi connectivity index (χ3v) is 3.89. The quantitative estimate of drug-likeness (QED) is 0.858. The van der Waals surface area contributed by atoms with Crippen LogP contribution in [0.5, 0.6) is 5.75 Å². The van der Waals surface area contributed by atoms with Crippen LogP contribution in [0.3, 0.4) is 0 Å². The van der Waals surface area contributed by atoms with Gasteiger partial charge in [-0.05, 0) is 24.3 Å². The Morgan fingerprint density at radius 3 is 2.55 bits per heavy atom. The minimum absolute atomic E-state index is 0.100. The molecule has 116 valence electrons. The van der Waals surface area contributed by atoms with Crippen LogP contribution in [0.4, 0.5) is 5.69 Å². The Labute approximate surface area is 129 Å². The Bertz CT molecular complexity index is 602. The van der Waals surface area contributed by atoms with Crippen molar-refractivity contribution in [1.82, 2.24) is 9.88 Å². The number of oxazole rings is 1. The van der Waals surface area contributed by atoms with Crippen molar-refractivity contribution in [1.29, 1.82) is 0 Å². The number of nitrogens with zero attached hydrogens (tertiary/aromatic N) is 3. The molecular formula is C16H19N3O3. The van der Waals surface area contributed by atoms with Crippen molar-refractivity contribution in [3.63, 3.8) is 0 Å². The fourth-order valence-electron chi connectivity index (χ4n) is 2.60. The van der Waals surface area contributed by atoms with Gasteiger partial charge in [-0.2, -0.15) is 0 Å². The SMILES string of the molecule is COc1ccc(N2CCN(C(=O)Cc3cocn3)CC2)cc1. The first-order valence-electron chi connectivity index (χ1n) is 7.30. The van der Waals surface area contributed by atoms with Gasteiger partial charge in [0.2, 0.25) is 5.91 Å². The van der Waals surface area contributed by atoms with Crippen LogP contribution in [0, 0.1) is 0 Å². The molecule has 1 fully saturated rings. The Morgan fingerprint density at radius 2 is 1.95 bits per heavy atom. The Balaban J connectivity index is 1.54. The summed E-state index contributed by atoms with van der Waals surface area (Å²) in [7, 11) is 1.66. The second kappa shape index (κ2) is 6.51. The number of hydrogen-bond donors (Lipinski definition) is 0. The summed E-state index contributed by atoms with van der Waals surface area (Å²) in [6.07, 6.45) is 3.18. The number of ether oxygens (including phenoxy) is 1. The lowest BCUT2D eigenvalue weighted by molar-refractivity contribution is -0.130. The monoisotopic (exact) mass is 301 g/mol. The topological polar surface area (TPSA) is 58.8 Å². The summed E-state index contributed by atoms with van der Waals surface area (Å²) in [4.78, 5) is 20.4. The van der Waals surface area contributed by atoms with Crippen LogP contribution in [0.2, 0.25) is 0 Å². The minimum atomic E-state index is 0.100. The fourth-order valence-corrected chi connectivity index (χ4v) is 2.60. The van der Waals surface area contributed by atoms with E-state index in [4.69, 9.17) is 9.15 Å². The highest BCUT2D eigenvalue weighted by Crippen LogP contribution is 2.20. The van der Waals surface area contributed by atoms with E-state index in [9.17, 15) is 4.79 Å². The number of methoxy groups -OCH3 is 1. The molecule has 1 amide bonds. The smallest absolute Gasteiger partial charge is 0.228 e. The van der Waals surface area contributed by atoms with Crippen molar-refractivity contribution < 1.29 is 13.9 Å². The maximum atomic E-state index is 12.2. The highest BCUT2D eigenvalue weighted by molar-refractivity contribution is 5.78. The highest BCUT2D eigenvalue weighted by Gasteiger charge is 2.21. The Morgan fingerprint density at radius 1 is 1.23 bits per heavy atom. The van der Waals surface area contributed by atoms with E-state index >= 15 is 0 Å². The summed E-state index contributed by atoms with van der Waals surface area (Å²) in [6.45, 7) is 3.11. The predicted octanol–water partition coefficient (Wildman–Crippen LogP) is 1.57. The molecule has 0 unspecified atom stereocenters. The van der Waals surface area contributed by atoms with Gasteiger partial charge >= 0.3 is 0 Å². The van der Waals surface area contributed by atoms with Gasteiger partial charge in [0.05, 0.1) is 19.2 Å². The summed E-state index contributed by atoms with van der Waals surface area (Å²) >= 11 is 0. The van der Waals surface area contributed by atoms with Gasteiger partial charge in [0.15, 0.2) is 6.39 Å². The molecule has 0 aliphatic carbocycles. The number of hydrogen-bond acceptors (Lipinski definition) is 5. The van der Waals surface area contributed by atoms with Crippen LogP contribution < -0.4 is 9.64 Å². The van der Waals surface area contributed by atoms with Crippen molar-refractivity contribution in [3.05, 3.63) is 42.6 Å². The maximum absolute atomic E-state index is 12.2. The van der Waals surface area contributed by atoms with Gasteiger partial charge in [0, 0.05) is 31.9 Å². The van der Waals surface area contributed by atoms with Gasteiger partial charge in [-0.25, -0.2) is 4.98 Å². The third kappa shape index (κ3) is 3.21. The first-order chi connectivity index (χ1) is 10.8. The molecular weight excluding hydrogens is 282 g/mol. The van der Waals surface area contributed by atoms with Crippen LogP contribution in [-0.4, -0.2) is 49.1 Å². The van der Waals surface area contributed by atoms with Crippen LogP contribution >= 0.6 is 0 Å². The molecule has 22 heavy (non-hydrogen) atoms. The van der Waals surface area contributed by atoms with E-state index in [0.717, 1.165) is 37.6 Å². The average molecular weight is 301 g/mol. The number of carbonyl (C=O) groups is 1. The molecule has 1 aromatic carbocycles. The molecule has 3 rings (SSSR count). The molecule has 6 heteroatoms. The second-order valence-electron chi connectivity index (χ2n) is 5.22. The average Bonchev–Trinajstić information content (AvgIpc) is 3.08. The standard InChI is InChI=1S/C16H19N3O3/c1-21-15-4-2-14(3-5-15)18-6-8-19(9-7-18)16(20)10-13-11-22-12-17-13/h2-5,11-12H,6-10H2,1H3. The van der Waals surface area contributed by atoms with E-state index in [2.05, 4.69) is 9.88 Å². The number of piperazine rings is 1. The van der Waals surface area contributed by atoms with Crippen LogP contribution in [0.1, 0.15) is 5.69 Å². The molecule has 1 saturated heterocycles. The predicted molar refractivity (Wildman–Crippen MR) is 82.0 cm³/mol. The number of benzene rings is 1. The molecule has 0 radical (unpaired) electrons. The molecule has 2 aromatic rings. The molecule has 1 aliphatic heterocycles. The largest absolute Gasteiger partial charge is 0.497 e. The van der Waals surface area contributed by atoms with Crippen molar-refractivity contribution >= 4 is 11.6 Å². The van der Waals surface area contributed by atoms with E-state index in [1.54, 1.807) is 7.11 Å². The lowest BCUT2D eigenvalue weighted by Gasteiger charge is -2.36. The van der Waals surface area contributed by atoms with E-state index in [-0.39, 0.29) is 5.91 Å². The molecule has 0 N–H and O–H groups in total. The number of anilines is 1. The first kappa shape index (κ1) is 14.4. The van der Waals surface area contributed by atoms with Crippen molar-refractivity contribution in [2.45, 2.75) is 6.42 Å². The van der Waals surface area contributed by atoms with Gasteiger partial charge in [-0.1, -0.05) is 0 Å². The number of rotatable bonds is 4. The summed E-state index contributed by atoms with van der Waals surface area (Å²) in [5.74, 6) is 0.952. The molecule has 0 bridgehead atoms. The number of amides is 1. The molecule has 0 spiro atoms. The number of carbonyl (C=O) groups excluding carboxylic acids is 1. The Kier molecular flexibility index (Phi) is 4.27. The highest BCUT2D eigenvalue weighted by atomic mass is 16.5. The van der Waals surface area contributed by atoms with Crippen LogP contribution in [0.25, 0.3) is 0 Å². The summed E-state index contributed by atoms with van der Waals surface area (Å²) < 4.78 is 10.1. The minimum Gasteiger partial charge on any atom is -0.497 e. The second-order valence-corrected chi connectivity index (χ2v) is 5.22. The van der Waals surface area contributed by atoms with Crippen molar-refractivity contribution in [2.24, 2.45) is 0 Å². The van der Waals surface area contributed by atoms with E-state index in [1.165, 1.54) is 12.7 Å². The lowest BCUT2D eigenvalue weighted by atomic mass is 10.2. The van der Waals surface area contributed by atoms with Crippen LogP contribution in [0.15, 0.2) is 41.3 Å². The van der Waals surface area contributed by atoms with Crippen molar-refractivity contribution in [2.75, 3.05) is 38.2 Å². The molecule has 2 heterocycles. The van der Waals surface area contributed by atoms with Gasteiger partial charge in [-0.3, -0.25) is 4.79 Å². The third-order valence-electron chi connectivity index (χ3n) is 3.89. The Hall–Kier alpha value is -2.50. The van der Waals surface area contributed by atoms with E-state index < -0.39 is 0 Å². The summed E-state index contributed by atoms with van der Waals surface area (Å²) in [6, 6.07) is 8.01. The van der Waals surface area contributed by atoms with Gasteiger partial charge in [-0.15, -0.1) is 0 Å². The fraction of sp³-hybridized carbons (Fsp3) is 0.375. The van der Waals surface area contributed by atoms with Crippen LogP contribution in [-0.2, 0) is 11.2 Å². The summed E-state index contributed by atoms with van der Waals surface area (Å²) in [5, 5.41) is 0.